The molecule has 3 nitrogen and oxygen atoms in total. The van der Waals surface area contributed by atoms with Crippen molar-refractivity contribution in [1.29, 1.82) is 0 Å². The standard InChI is InChI=1S/C29H30F2N2OS/c1-20-16-28(31)29(33(19-34)24-6-7-24)17-27(20)22-12-14-32(15-13-22)18-21-2-8-25(9-3-21)35-26-10-4-23(30)5-11-26/h2-5,8-11,16-17,19,22,24H,6-7,12-15,18H2,1H3. The van der Waals surface area contributed by atoms with Crippen LogP contribution in [0.25, 0.3) is 0 Å². The molecule has 1 saturated carbocycles. The smallest absolute Gasteiger partial charge is 0.214 e. The van der Waals surface area contributed by atoms with Gasteiger partial charge in [-0.05, 0) is 117 Å². The van der Waals surface area contributed by atoms with E-state index in [2.05, 4.69) is 29.2 Å². The SMILES string of the molecule is Cc1cc(F)c(N(C=O)C2CC2)cc1C1CCN(Cc2ccc(Sc3ccc(F)cc3)cc2)CC1. The van der Waals surface area contributed by atoms with Crippen LogP contribution in [0.5, 0.6) is 0 Å². The van der Waals surface area contributed by atoms with Crippen molar-refractivity contribution in [3.63, 3.8) is 0 Å². The van der Waals surface area contributed by atoms with Crippen LogP contribution in [-0.2, 0) is 11.3 Å². The summed E-state index contributed by atoms with van der Waals surface area (Å²) < 4.78 is 27.8. The van der Waals surface area contributed by atoms with Gasteiger partial charge in [0.15, 0.2) is 0 Å². The Morgan fingerprint density at radius 2 is 1.57 bits per heavy atom. The lowest BCUT2D eigenvalue weighted by Gasteiger charge is -2.33. The van der Waals surface area contributed by atoms with Gasteiger partial charge >= 0.3 is 0 Å². The van der Waals surface area contributed by atoms with Crippen molar-refractivity contribution in [2.45, 2.75) is 60.9 Å². The fourth-order valence-electron chi connectivity index (χ4n) is 4.97. The van der Waals surface area contributed by atoms with E-state index in [9.17, 15) is 13.6 Å². The van der Waals surface area contributed by atoms with Gasteiger partial charge in [-0.2, -0.15) is 0 Å². The summed E-state index contributed by atoms with van der Waals surface area (Å²) in [5.74, 6) is -0.138. The minimum Gasteiger partial charge on any atom is -0.309 e. The summed E-state index contributed by atoms with van der Waals surface area (Å²) in [6.45, 7) is 4.86. The maximum absolute atomic E-state index is 14.7. The highest BCUT2D eigenvalue weighted by Gasteiger charge is 2.32. The molecule has 3 aromatic rings. The number of nitrogens with zero attached hydrogens (tertiary/aromatic N) is 2. The third-order valence-electron chi connectivity index (χ3n) is 7.07. The van der Waals surface area contributed by atoms with Crippen LogP contribution in [0.2, 0.25) is 0 Å². The molecule has 3 aromatic carbocycles. The van der Waals surface area contributed by atoms with Gasteiger partial charge in [0.25, 0.3) is 0 Å². The van der Waals surface area contributed by atoms with Crippen LogP contribution >= 0.6 is 11.8 Å². The van der Waals surface area contributed by atoms with Crippen LogP contribution in [0.3, 0.4) is 0 Å². The Hall–Kier alpha value is -2.70. The molecular weight excluding hydrogens is 462 g/mol. The van der Waals surface area contributed by atoms with Crippen LogP contribution in [-0.4, -0.2) is 30.4 Å². The Kier molecular flexibility index (Phi) is 7.21. The van der Waals surface area contributed by atoms with E-state index < -0.39 is 0 Å². The number of benzene rings is 3. The molecule has 0 N–H and O–H groups in total. The van der Waals surface area contributed by atoms with Crippen molar-refractivity contribution in [3.8, 4) is 0 Å². The number of rotatable bonds is 8. The second-order valence-corrected chi connectivity index (χ2v) is 10.8. The molecule has 1 saturated heterocycles. The first-order valence-corrected chi connectivity index (χ1v) is 13.1. The van der Waals surface area contributed by atoms with E-state index >= 15 is 0 Å². The molecule has 1 heterocycles. The van der Waals surface area contributed by atoms with Crippen molar-refractivity contribution in [1.82, 2.24) is 4.90 Å². The molecule has 182 valence electrons. The van der Waals surface area contributed by atoms with Gasteiger partial charge in [0.05, 0.1) is 5.69 Å². The number of halogens is 2. The quantitative estimate of drug-likeness (QED) is 0.319. The highest BCUT2D eigenvalue weighted by Crippen LogP contribution is 2.38. The summed E-state index contributed by atoms with van der Waals surface area (Å²) in [6, 6.07) is 18.8. The van der Waals surface area contributed by atoms with Crippen molar-refractivity contribution < 1.29 is 13.6 Å². The number of hydrogen-bond donors (Lipinski definition) is 0. The Morgan fingerprint density at radius 3 is 2.17 bits per heavy atom. The van der Waals surface area contributed by atoms with E-state index in [0.29, 0.717) is 11.6 Å². The minimum absolute atomic E-state index is 0.153. The zero-order chi connectivity index (χ0) is 24.4. The zero-order valence-electron chi connectivity index (χ0n) is 19.9. The predicted molar refractivity (Wildman–Crippen MR) is 137 cm³/mol. The van der Waals surface area contributed by atoms with Crippen molar-refractivity contribution in [3.05, 3.63) is 89.0 Å². The number of carbonyl (C=O) groups is 1. The summed E-state index contributed by atoms with van der Waals surface area (Å²) in [4.78, 5) is 17.8. The Morgan fingerprint density at radius 1 is 0.943 bits per heavy atom. The summed E-state index contributed by atoms with van der Waals surface area (Å²) in [7, 11) is 0. The van der Waals surface area contributed by atoms with Crippen LogP contribution in [0.1, 0.15) is 48.3 Å². The first kappa shape index (κ1) is 24.0. The van der Waals surface area contributed by atoms with Crippen molar-refractivity contribution in [2.75, 3.05) is 18.0 Å². The average molecular weight is 493 g/mol. The second kappa shape index (κ2) is 10.5. The number of hydrogen-bond acceptors (Lipinski definition) is 3. The van der Waals surface area contributed by atoms with E-state index in [4.69, 9.17) is 0 Å². The van der Waals surface area contributed by atoms with Crippen LogP contribution in [0, 0.1) is 18.6 Å². The van der Waals surface area contributed by atoms with Crippen LogP contribution < -0.4 is 4.90 Å². The second-order valence-electron chi connectivity index (χ2n) is 9.65. The maximum atomic E-state index is 14.7. The number of piperidine rings is 1. The van der Waals surface area contributed by atoms with Gasteiger partial charge in [-0.25, -0.2) is 8.78 Å². The lowest BCUT2D eigenvalue weighted by atomic mass is 9.86. The molecule has 0 atom stereocenters. The van der Waals surface area contributed by atoms with Crippen LogP contribution in [0.4, 0.5) is 14.5 Å². The Bertz CT molecular complexity index is 1170. The van der Waals surface area contributed by atoms with E-state index in [1.54, 1.807) is 34.9 Å². The van der Waals surface area contributed by atoms with Crippen molar-refractivity contribution >= 4 is 23.9 Å². The lowest BCUT2D eigenvalue weighted by Crippen LogP contribution is -2.33. The molecule has 1 aliphatic heterocycles. The first-order chi connectivity index (χ1) is 17.0. The fourth-order valence-corrected chi connectivity index (χ4v) is 5.79. The lowest BCUT2D eigenvalue weighted by molar-refractivity contribution is -0.107. The van der Waals surface area contributed by atoms with Gasteiger partial charge in [-0.15, -0.1) is 0 Å². The molecule has 6 heteroatoms. The number of amides is 1. The van der Waals surface area contributed by atoms with E-state index in [0.717, 1.165) is 67.1 Å². The summed E-state index contributed by atoms with van der Waals surface area (Å²) in [6.07, 6.45) is 4.72. The molecule has 0 aromatic heterocycles. The molecule has 5 rings (SSSR count). The van der Waals surface area contributed by atoms with Gasteiger partial charge in [-0.3, -0.25) is 9.69 Å². The van der Waals surface area contributed by atoms with Crippen molar-refractivity contribution in [2.24, 2.45) is 0 Å². The molecule has 0 unspecified atom stereocenters. The monoisotopic (exact) mass is 492 g/mol. The van der Waals surface area contributed by atoms with E-state index in [1.807, 2.05) is 13.0 Å². The van der Waals surface area contributed by atoms with E-state index in [-0.39, 0.29) is 17.7 Å². The molecule has 2 aliphatic rings. The normalized spacial score (nSPS) is 16.9. The van der Waals surface area contributed by atoms with Gasteiger partial charge in [0, 0.05) is 22.4 Å². The highest BCUT2D eigenvalue weighted by atomic mass is 32.2. The molecule has 35 heavy (non-hydrogen) atoms. The number of likely N-dealkylation sites (tertiary alicyclic amines) is 1. The van der Waals surface area contributed by atoms with Gasteiger partial charge in [0.1, 0.15) is 11.6 Å². The first-order valence-electron chi connectivity index (χ1n) is 12.3. The molecule has 0 spiro atoms. The summed E-state index contributed by atoms with van der Waals surface area (Å²) in [5, 5.41) is 0. The van der Waals surface area contributed by atoms with Gasteiger partial charge in [0.2, 0.25) is 6.41 Å². The fraction of sp³-hybridized carbons (Fsp3) is 0.345. The number of anilines is 1. The molecule has 1 amide bonds. The minimum atomic E-state index is -0.302. The highest BCUT2D eigenvalue weighted by molar-refractivity contribution is 7.99. The molecule has 0 bridgehead atoms. The number of carbonyl (C=O) groups excluding carboxylic acids is 1. The van der Waals surface area contributed by atoms with E-state index in [1.165, 1.54) is 23.3 Å². The molecule has 2 fully saturated rings. The summed E-state index contributed by atoms with van der Waals surface area (Å²) in [5.41, 5.74) is 3.86. The third-order valence-corrected chi connectivity index (χ3v) is 8.09. The van der Waals surface area contributed by atoms with Crippen LogP contribution in [0.15, 0.2) is 70.5 Å². The topological polar surface area (TPSA) is 23.6 Å². The number of aryl methyl sites for hydroxylation is 1. The largest absolute Gasteiger partial charge is 0.309 e. The summed E-state index contributed by atoms with van der Waals surface area (Å²) >= 11 is 1.63. The molecule has 1 aliphatic carbocycles. The zero-order valence-corrected chi connectivity index (χ0v) is 20.7. The predicted octanol–water partition coefficient (Wildman–Crippen LogP) is 6.93. The average Bonchev–Trinajstić information content (AvgIpc) is 3.70. The van der Waals surface area contributed by atoms with Gasteiger partial charge < -0.3 is 4.90 Å². The Labute approximate surface area is 210 Å². The maximum Gasteiger partial charge on any atom is 0.214 e. The Balaban J connectivity index is 1.18. The van der Waals surface area contributed by atoms with Gasteiger partial charge in [-0.1, -0.05) is 23.9 Å². The third kappa shape index (κ3) is 5.76. The molecule has 0 radical (unpaired) electrons. The molecular formula is C29H30F2N2OS.